The summed E-state index contributed by atoms with van der Waals surface area (Å²) in [5, 5.41) is 8.25. The number of halogens is 4. The molecule has 0 atom stereocenters. The highest BCUT2D eigenvalue weighted by molar-refractivity contribution is 5.79. The van der Waals surface area contributed by atoms with Crippen LogP contribution in [0.2, 0.25) is 0 Å². The van der Waals surface area contributed by atoms with E-state index in [2.05, 4.69) is 17.8 Å². The molecule has 0 bridgehead atoms. The van der Waals surface area contributed by atoms with Gasteiger partial charge in [-0.05, 0) is 48.3 Å². The molecule has 0 saturated heterocycles. The number of allylic oxidation sites excluding steroid dienone is 6. The standard InChI is InChI=1S/C17H12F4O.C8H10O3/c1-3-6-15(16(18)9-10-17(19,20)21)13-7-5-8-14(12-13)22-11-4-2;1-3-7(11-2)5-4-6-8(9)10/h1-2,5-9,12H,10-11H2;1,5H,4,6H2,2H3,(H,9,10)/b15-6-,16-9+;7-5+. The number of carbonyl (C=O) groups is 1. The SMILES string of the molecule is C#C/C(=C\CCC(=O)O)OC.C#C/C=C(\C(F)=C/CC(F)(F)F)c1cccc(OCC#C)c1. The zero-order chi connectivity index (χ0) is 25.3. The van der Waals surface area contributed by atoms with E-state index in [-0.39, 0.29) is 18.6 Å². The fourth-order valence-electron chi connectivity index (χ4n) is 2.10. The number of hydrogen-bond acceptors (Lipinski definition) is 3. The van der Waals surface area contributed by atoms with Crippen LogP contribution in [-0.4, -0.2) is 31.0 Å². The van der Waals surface area contributed by atoms with Crippen molar-refractivity contribution < 1.29 is 36.9 Å². The number of carboxylic acids is 1. The molecule has 0 fully saturated rings. The van der Waals surface area contributed by atoms with Gasteiger partial charge in [0.2, 0.25) is 0 Å². The Bertz CT molecular complexity index is 997. The van der Waals surface area contributed by atoms with Gasteiger partial charge in [0.1, 0.15) is 18.2 Å². The maximum Gasteiger partial charge on any atom is 0.392 e. The summed E-state index contributed by atoms with van der Waals surface area (Å²) < 4.78 is 60.4. The first kappa shape index (κ1) is 28.9. The van der Waals surface area contributed by atoms with Crippen LogP contribution in [0.1, 0.15) is 24.8 Å². The minimum absolute atomic E-state index is 0.0179. The number of benzene rings is 1. The molecule has 0 spiro atoms. The Kier molecular flexibility index (Phi) is 13.7. The van der Waals surface area contributed by atoms with Crippen molar-refractivity contribution in [2.24, 2.45) is 0 Å². The van der Waals surface area contributed by atoms with Crippen molar-refractivity contribution in [1.82, 2.24) is 0 Å². The number of hydrogen-bond donors (Lipinski definition) is 1. The van der Waals surface area contributed by atoms with Gasteiger partial charge >= 0.3 is 12.1 Å². The second-order valence-electron chi connectivity index (χ2n) is 5.97. The Labute approximate surface area is 190 Å². The predicted octanol–water partition coefficient (Wildman–Crippen LogP) is 5.54. The first-order valence-corrected chi connectivity index (χ1v) is 9.26. The normalized spacial score (nSPS) is 11.8. The zero-order valence-electron chi connectivity index (χ0n) is 17.8. The summed E-state index contributed by atoms with van der Waals surface area (Å²) in [7, 11) is 1.45. The fourth-order valence-corrected chi connectivity index (χ4v) is 2.10. The second kappa shape index (κ2) is 15.7. The van der Waals surface area contributed by atoms with Gasteiger partial charge in [0.15, 0.2) is 5.76 Å². The highest BCUT2D eigenvalue weighted by atomic mass is 19.4. The molecule has 4 nitrogen and oxygen atoms in total. The zero-order valence-corrected chi connectivity index (χ0v) is 17.8. The van der Waals surface area contributed by atoms with Crippen LogP contribution in [0.5, 0.6) is 5.75 Å². The monoisotopic (exact) mass is 462 g/mol. The minimum Gasteiger partial charge on any atom is -0.489 e. The summed E-state index contributed by atoms with van der Waals surface area (Å²) >= 11 is 0. The van der Waals surface area contributed by atoms with Gasteiger partial charge in [0.25, 0.3) is 0 Å². The molecule has 0 radical (unpaired) electrons. The lowest BCUT2D eigenvalue weighted by Crippen LogP contribution is -2.04. The van der Waals surface area contributed by atoms with Crippen molar-refractivity contribution in [3.63, 3.8) is 0 Å². The maximum absolute atomic E-state index is 14.0. The minimum atomic E-state index is -4.49. The van der Waals surface area contributed by atoms with E-state index in [1.165, 1.54) is 19.2 Å². The van der Waals surface area contributed by atoms with Gasteiger partial charge in [-0.1, -0.05) is 24.0 Å². The lowest BCUT2D eigenvalue weighted by atomic mass is 10.0. The molecule has 8 heteroatoms. The highest BCUT2D eigenvalue weighted by Crippen LogP contribution is 2.29. The average molecular weight is 462 g/mol. The number of terminal acetylenes is 3. The Morgan fingerprint density at radius 2 is 1.91 bits per heavy atom. The Morgan fingerprint density at radius 3 is 2.42 bits per heavy atom. The van der Waals surface area contributed by atoms with E-state index >= 15 is 0 Å². The summed E-state index contributed by atoms with van der Waals surface area (Å²) in [4.78, 5) is 10.0. The lowest BCUT2D eigenvalue weighted by molar-refractivity contribution is -0.137. The summed E-state index contributed by atoms with van der Waals surface area (Å²) in [6.07, 6.45) is 12.9. The summed E-state index contributed by atoms with van der Waals surface area (Å²) in [5.41, 5.74) is 0.168. The molecule has 174 valence electrons. The van der Waals surface area contributed by atoms with Crippen LogP contribution in [0, 0.1) is 37.0 Å². The van der Waals surface area contributed by atoms with Gasteiger partial charge in [-0.15, -0.1) is 19.3 Å². The van der Waals surface area contributed by atoms with Crippen LogP contribution in [0.25, 0.3) is 5.57 Å². The molecule has 0 aliphatic rings. The third-order valence-corrected chi connectivity index (χ3v) is 3.52. The van der Waals surface area contributed by atoms with Crippen molar-refractivity contribution >= 4 is 11.5 Å². The topological polar surface area (TPSA) is 55.8 Å². The first-order valence-electron chi connectivity index (χ1n) is 9.26. The second-order valence-corrected chi connectivity index (χ2v) is 5.97. The van der Waals surface area contributed by atoms with Crippen molar-refractivity contribution in [3.05, 3.63) is 59.6 Å². The molecule has 0 amide bonds. The summed E-state index contributed by atoms with van der Waals surface area (Å²) in [5.74, 6) is 5.50. The molecular formula is C25H22F4O4. The largest absolute Gasteiger partial charge is 0.489 e. The third-order valence-electron chi connectivity index (χ3n) is 3.52. The maximum atomic E-state index is 14.0. The van der Waals surface area contributed by atoms with Crippen molar-refractivity contribution in [3.8, 4) is 42.8 Å². The smallest absolute Gasteiger partial charge is 0.392 e. The van der Waals surface area contributed by atoms with Crippen molar-refractivity contribution in [1.29, 1.82) is 0 Å². The number of aliphatic carboxylic acids is 1. The van der Waals surface area contributed by atoms with E-state index in [0.717, 1.165) is 6.08 Å². The van der Waals surface area contributed by atoms with E-state index in [9.17, 15) is 22.4 Å². The van der Waals surface area contributed by atoms with Crippen molar-refractivity contribution in [2.45, 2.75) is 25.4 Å². The first-order chi connectivity index (χ1) is 15.6. The number of methoxy groups -OCH3 is 1. The molecule has 1 aromatic carbocycles. The van der Waals surface area contributed by atoms with Crippen LogP contribution in [-0.2, 0) is 9.53 Å². The summed E-state index contributed by atoms with van der Waals surface area (Å²) in [6, 6.07) is 6.10. The molecule has 0 unspecified atom stereocenters. The van der Waals surface area contributed by atoms with Gasteiger partial charge in [-0.25, -0.2) is 4.39 Å². The molecule has 33 heavy (non-hydrogen) atoms. The van der Waals surface area contributed by atoms with Gasteiger partial charge < -0.3 is 14.6 Å². The lowest BCUT2D eigenvalue weighted by Gasteiger charge is -2.08. The number of carboxylic acid groups (broad SMARTS) is 1. The molecule has 0 aliphatic carbocycles. The predicted molar refractivity (Wildman–Crippen MR) is 118 cm³/mol. The van der Waals surface area contributed by atoms with Crippen LogP contribution < -0.4 is 4.74 Å². The average Bonchev–Trinajstić information content (AvgIpc) is 2.77. The fraction of sp³-hybridized carbons (Fsp3) is 0.240. The van der Waals surface area contributed by atoms with Gasteiger partial charge in [-0.2, -0.15) is 13.2 Å². The van der Waals surface area contributed by atoms with Gasteiger partial charge in [-0.3, -0.25) is 4.79 Å². The van der Waals surface area contributed by atoms with E-state index in [1.807, 2.05) is 0 Å². The molecule has 0 aromatic heterocycles. The van der Waals surface area contributed by atoms with Crippen LogP contribution >= 0.6 is 0 Å². The van der Waals surface area contributed by atoms with Gasteiger partial charge in [0, 0.05) is 12.0 Å². The molecule has 1 aromatic rings. The van der Waals surface area contributed by atoms with Crippen LogP contribution in [0.15, 0.2) is 54.1 Å². The molecule has 1 N–H and O–H groups in total. The van der Waals surface area contributed by atoms with E-state index in [1.54, 1.807) is 18.2 Å². The van der Waals surface area contributed by atoms with Crippen LogP contribution in [0.4, 0.5) is 17.6 Å². The molecule has 0 aliphatic heterocycles. The third kappa shape index (κ3) is 13.8. The number of alkyl halides is 3. The number of ether oxygens (including phenoxy) is 2. The van der Waals surface area contributed by atoms with Crippen LogP contribution in [0.3, 0.4) is 0 Å². The molecule has 0 saturated carbocycles. The highest BCUT2D eigenvalue weighted by Gasteiger charge is 2.26. The Balaban J connectivity index is 0.000000785. The van der Waals surface area contributed by atoms with Gasteiger partial charge in [0.05, 0.1) is 13.5 Å². The van der Waals surface area contributed by atoms with Crippen molar-refractivity contribution in [2.75, 3.05) is 13.7 Å². The molecule has 1 rings (SSSR count). The molecule has 0 heterocycles. The Hall–Kier alpha value is -4.09. The quantitative estimate of drug-likeness (QED) is 0.227. The van der Waals surface area contributed by atoms with E-state index < -0.39 is 24.4 Å². The summed E-state index contributed by atoms with van der Waals surface area (Å²) in [6.45, 7) is 0.0179. The number of rotatable bonds is 9. The Morgan fingerprint density at radius 1 is 1.21 bits per heavy atom. The molecular weight excluding hydrogens is 440 g/mol. The van der Waals surface area contributed by atoms with E-state index in [4.69, 9.17) is 33.9 Å². The van der Waals surface area contributed by atoms with E-state index in [0.29, 0.717) is 29.6 Å².